The maximum atomic E-state index is 13.0. The molecule has 0 amide bonds. The first-order valence-corrected chi connectivity index (χ1v) is 7.03. The highest BCUT2D eigenvalue weighted by Crippen LogP contribution is 2.24. The zero-order valence-electron chi connectivity index (χ0n) is 12.4. The molecule has 0 atom stereocenters. The van der Waals surface area contributed by atoms with Gasteiger partial charge >= 0.3 is 0 Å². The SMILES string of the molecule is N#CC(C#N)=C(O)c1ccc2ccc(-c3ccc(F)cc3)nc2c1. The second-order valence-corrected chi connectivity index (χ2v) is 5.06. The molecule has 1 N–H and O–H groups in total. The zero-order valence-corrected chi connectivity index (χ0v) is 12.4. The molecule has 0 aliphatic heterocycles. The van der Waals surface area contributed by atoms with Crippen LogP contribution in [0.4, 0.5) is 4.39 Å². The number of allylic oxidation sites excluding steroid dienone is 1. The standard InChI is InChI=1S/C19H10FN3O/c20-16-6-3-12(4-7-16)17-8-5-13-1-2-14(9-18(13)23-17)19(24)15(10-21)11-22/h1-9,24H. The average Bonchev–Trinajstić information content (AvgIpc) is 2.62. The fraction of sp³-hybridized carbons (Fsp3) is 0. The predicted octanol–water partition coefficient (Wildman–Crippen LogP) is 4.36. The maximum absolute atomic E-state index is 13.0. The first-order chi connectivity index (χ1) is 11.6. The molecule has 0 unspecified atom stereocenters. The molecular weight excluding hydrogens is 305 g/mol. The van der Waals surface area contributed by atoms with Crippen molar-refractivity contribution in [2.24, 2.45) is 0 Å². The van der Waals surface area contributed by atoms with Crippen LogP contribution in [-0.4, -0.2) is 10.1 Å². The second-order valence-electron chi connectivity index (χ2n) is 5.06. The number of nitriles is 2. The van der Waals surface area contributed by atoms with Gasteiger partial charge in [0.1, 0.15) is 18.0 Å². The Morgan fingerprint density at radius 2 is 1.62 bits per heavy atom. The fourth-order valence-corrected chi connectivity index (χ4v) is 2.32. The third-order valence-corrected chi connectivity index (χ3v) is 3.57. The van der Waals surface area contributed by atoms with Gasteiger partial charge in [0.2, 0.25) is 0 Å². The summed E-state index contributed by atoms with van der Waals surface area (Å²) in [5, 5.41) is 28.6. The minimum absolute atomic E-state index is 0.322. The van der Waals surface area contributed by atoms with Crippen LogP contribution in [0, 0.1) is 28.5 Å². The number of aromatic nitrogens is 1. The van der Waals surface area contributed by atoms with Crippen molar-refractivity contribution in [2.45, 2.75) is 0 Å². The molecule has 3 rings (SSSR count). The number of fused-ring (bicyclic) bond motifs is 1. The van der Waals surface area contributed by atoms with E-state index in [1.165, 1.54) is 12.1 Å². The summed E-state index contributed by atoms with van der Waals surface area (Å²) in [6.07, 6.45) is 0. The molecular formula is C19H10FN3O. The lowest BCUT2D eigenvalue weighted by molar-refractivity contribution is 0.510. The van der Waals surface area contributed by atoms with Crippen LogP contribution in [0.1, 0.15) is 5.56 Å². The van der Waals surface area contributed by atoms with Gasteiger partial charge in [0.15, 0.2) is 11.3 Å². The highest BCUT2D eigenvalue weighted by molar-refractivity contribution is 5.85. The van der Waals surface area contributed by atoms with E-state index in [0.29, 0.717) is 16.8 Å². The number of benzene rings is 2. The molecule has 3 aromatic rings. The van der Waals surface area contributed by atoms with Gasteiger partial charge in [-0.15, -0.1) is 0 Å². The molecule has 5 heteroatoms. The molecule has 0 fully saturated rings. The smallest absolute Gasteiger partial charge is 0.171 e. The summed E-state index contributed by atoms with van der Waals surface area (Å²) in [5.74, 6) is -0.701. The Kier molecular flexibility index (Phi) is 3.93. The summed E-state index contributed by atoms with van der Waals surface area (Å²) in [6, 6.07) is 17.9. The molecule has 0 spiro atoms. The number of hydrogen-bond donors (Lipinski definition) is 1. The maximum Gasteiger partial charge on any atom is 0.171 e. The lowest BCUT2D eigenvalue weighted by Gasteiger charge is -2.06. The van der Waals surface area contributed by atoms with Gasteiger partial charge in [0.25, 0.3) is 0 Å². The van der Waals surface area contributed by atoms with Gasteiger partial charge in [-0.1, -0.05) is 18.2 Å². The van der Waals surface area contributed by atoms with Gasteiger partial charge in [0.05, 0.1) is 11.2 Å². The monoisotopic (exact) mass is 315 g/mol. The highest BCUT2D eigenvalue weighted by atomic mass is 19.1. The van der Waals surface area contributed by atoms with Crippen LogP contribution in [0.2, 0.25) is 0 Å². The number of halogens is 1. The van der Waals surface area contributed by atoms with Gasteiger partial charge in [-0.25, -0.2) is 9.37 Å². The average molecular weight is 315 g/mol. The minimum Gasteiger partial charge on any atom is -0.505 e. The van der Waals surface area contributed by atoms with Gasteiger partial charge in [-0.05, 0) is 36.4 Å². The Morgan fingerprint density at radius 1 is 0.958 bits per heavy atom. The predicted molar refractivity (Wildman–Crippen MR) is 87.9 cm³/mol. The van der Waals surface area contributed by atoms with Crippen molar-refractivity contribution < 1.29 is 9.50 Å². The van der Waals surface area contributed by atoms with Crippen molar-refractivity contribution >= 4 is 16.7 Å². The van der Waals surface area contributed by atoms with Gasteiger partial charge in [-0.2, -0.15) is 10.5 Å². The van der Waals surface area contributed by atoms with Crippen LogP contribution < -0.4 is 0 Å². The number of aliphatic hydroxyl groups is 1. The lowest BCUT2D eigenvalue weighted by Crippen LogP contribution is -1.91. The van der Waals surface area contributed by atoms with E-state index in [1.54, 1.807) is 42.5 Å². The number of aliphatic hydroxyl groups excluding tert-OH is 1. The summed E-state index contributed by atoms with van der Waals surface area (Å²) < 4.78 is 13.0. The zero-order chi connectivity index (χ0) is 17.1. The second kappa shape index (κ2) is 6.20. The Bertz CT molecular complexity index is 1020. The van der Waals surface area contributed by atoms with Crippen molar-refractivity contribution in [3.05, 3.63) is 71.6 Å². The third-order valence-electron chi connectivity index (χ3n) is 3.57. The molecule has 2 aromatic carbocycles. The van der Waals surface area contributed by atoms with Gasteiger partial charge in [-0.3, -0.25) is 0 Å². The molecule has 0 aliphatic rings. The van der Waals surface area contributed by atoms with Crippen LogP contribution in [-0.2, 0) is 0 Å². The summed E-state index contributed by atoms with van der Waals surface area (Å²) in [7, 11) is 0. The van der Waals surface area contributed by atoms with Crippen LogP contribution in [0.5, 0.6) is 0 Å². The topological polar surface area (TPSA) is 80.7 Å². The molecule has 4 nitrogen and oxygen atoms in total. The fourth-order valence-electron chi connectivity index (χ4n) is 2.32. The van der Waals surface area contributed by atoms with Gasteiger partial charge in [0, 0.05) is 16.5 Å². The Labute approximate surface area is 137 Å². The first-order valence-electron chi connectivity index (χ1n) is 7.03. The van der Waals surface area contributed by atoms with Crippen molar-refractivity contribution in [1.82, 2.24) is 4.98 Å². The summed E-state index contributed by atoms with van der Waals surface area (Å²) >= 11 is 0. The third kappa shape index (κ3) is 2.79. The van der Waals surface area contributed by atoms with E-state index in [2.05, 4.69) is 4.98 Å². The summed E-state index contributed by atoms with van der Waals surface area (Å²) in [4.78, 5) is 4.51. The molecule has 1 heterocycles. The molecule has 0 radical (unpaired) electrons. The van der Waals surface area contributed by atoms with Crippen LogP contribution in [0.15, 0.2) is 60.2 Å². The number of hydrogen-bond acceptors (Lipinski definition) is 4. The van der Waals surface area contributed by atoms with Crippen LogP contribution in [0.3, 0.4) is 0 Å². The number of pyridine rings is 1. The Hall–Kier alpha value is -3.70. The van der Waals surface area contributed by atoms with Crippen molar-refractivity contribution in [3.63, 3.8) is 0 Å². The minimum atomic E-state index is -0.379. The van der Waals surface area contributed by atoms with E-state index >= 15 is 0 Å². The molecule has 0 saturated carbocycles. The van der Waals surface area contributed by atoms with Crippen molar-refractivity contribution in [3.8, 4) is 23.4 Å². The molecule has 0 aliphatic carbocycles. The quantitative estimate of drug-likeness (QED) is 0.563. The first kappa shape index (κ1) is 15.2. The van der Waals surface area contributed by atoms with Crippen LogP contribution in [0.25, 0.3) is 27.9 Å². The molecule has 114 valence electrons. The molecule has 0 bridgehead atoms. The molecule has 0 saturated heterocycles. The highest BCUT2D eigenvalue weighted by Gasteiger charge is 2.09. The summed E-state index contributed by atoms with van der Waals surface area (Å²) in [5.41, 5.74) is 1.99. The van der Waals surface area contributed by atoms with E-state index in [-0.39, 0.29) is 17.1 Å². The molecule has 1 aromatic heterocycles. The van der Waals surface area contributed by atoms with Crippen molar-refractivity contribution in [2.75, 3.05) is 0 Å². The van der Waals surface area contributed by atoms with E-state index in [4.69, 9.17) is 10.5 Å². The van der Waals surface area contributed by atoms with Crippen LogP contribution >= 0.6 is 0 Å². The van der Waals surface area contributed by atoms with Gasteiger partial charge < -0.3 is 5.11 Å². The number of rotatable bonds is 2. The summed E-state index contributed by atoms with van der Waals surface area (Å²) in [6.45, 7) is 0. The Morgan fingerprint density at radius 3 is 2.29 bits per heavy atom. The van der Waals surface area contributed by atoms with E-state index in [9.17, 15) is 9.50 Å². The van der Waals surface area contributed by atoms with E-state index < -0.39 is 0 Å². The molecule has 24 heavy (non-hydrogen) atoms. The largest absolute Gasteiger partial charge is 0.505 e. The number of nitrogens with zero attached hydrogens (tertiary/aromatic N) is 3. The lowest BCUT2D eigenvalue weighted by atomic mass is 10.1. The van der Waals surface area contributed by atoms with E-state index in [1.807, 2.05) is 12.1 Å². The Balaban J connectivity index is 2.13. The normalized spacial score (nSPS) is 9.96. The van der Waals surface area contributed by atoms with Crippen molar-refractivity contribution in [1.29, 1.82) is 10.5 Å². The van der Waals surface area contributed by atoms with E-state index in [0.717, 1.165) is 10.9 Å².